The third kappa shape index (κ3) is 8.68. The van der Waals surface area contributed by atoms with E-state index in [4.69, 9.17) is 15.2 Å². The fourth-order valence-electron chi connectivity index (χ4n) is 5.86. The van der Waals surface area contributed by atoms with E-state index in [-0.39, 0.29) is 42.9 Å². The van der Waals surface area contributed by atoms with Crippen molar-refractivity contribution in [1.29, 1.82) is 0 Å². The number of benzene rings is 1. The fraction of sp³-hybridized carbons (Fsp3) is 0.606. The first-order valence-electron chi connectivity index (χ1n) is 15.6. The zero-order valence-electron chi connectivity index (χ0n) is 26.7. The van der Waals surface area contributed by atoms with Gasteiger partial charge in [0.2, 0.25) is 17.6 Å². The van der Waals surface area contributed by atoms with Crippen LogP contribution < -0.4 is 5.73 Å². The van der Waals surface area contributed by atoms with Gasteiger partial charge in [-0.3, -0.25) is 14.4 Å². The molecule has 4 rings (SSSR count). The largest absolute Gasteiger partial charge is 0.444 e. The number of amides is 3. The van der Waals surface area contributed by atoms with E-state index in [9.17, 15) is 19.2 Å². The molecule has 240 valence electrons. The van der Waals surface area contributed by atoms with Gasteiger partial charge in [0.1, 0.15) is 5.60 Å². The molecule has 0 saturated carbocycles. The van der Waals surface area contributed by atoms with E-state index in [0.29, 0.717) is 57.1 Å². The number of fused-ring (bicyclic) bond motifs is 1. The summed E-state index contributed by atoms with van der Waals surface area (Å²) in [5.74, 6) is -0.798. The molecule has 0 spiro atoms. The van der Waals surface area contributed by atoms with Gasteiger partial charge in [-0.25, -0.2) is 9.78 Å². The van der Waals surface area contributed by atoms with Crippen molar-refractivity contribution in [2.24, 2.45) is 23.5 Å². The molecule has 11 heteroatoms. The van der Waals surface area contributed by atoms with Gasteiger partial charge in [0.05, 0.1) is 30.2 Å². The SMILES string of the molecule is CC(C)CC/C(=C/C(=O)c1nc2ccccc2n1CCC(N)=O)C1CC(C(=O)N2CCOCC2)CN(C(=O)OC(C)(C)C)C1. The number of para-hydroxylation sites is 2. The second kappa shape index (κ2) is 14.4. The first-order valence-corrected chi connectivity index (χ1v) is 15.6. The van der Waals surface area contributed by atoms with Crippen LogP contribution in [-0.2, 0) is 25.6 Å². The van der Waals surface area contributed by atoms with Crippen molar-refractivity contribution in [3.63, 3.8) is 0 Å². The Balaban J connectivity index is 1.70. The molecule has 11 nitrogen and oxygen atoms in total. The fourth-order valence-corrected chi connectivity index (χ4v) is 5.86. The molecule has 0 bridgehead atoms. The number of likely N-dealkylation sites (tertiary alicyclic amines) is 1. The van der Waals surface area contributed by atoms with Crippen molar-refractivity contribution in [2.45, 2.75) is 72.4 Å². The van der Waals surface area contributed by atoms with E-state index in [1.165, 1.54) is 0 Å². The lowest BCUT2D eigenvalue weighted by molar-refractivity contribution is -0.141. The number of aryl methyl sites for hydroxylation is 1. The Morgan fingerprint density at radius 3 is 2.39 bits per heavy atom. The lowest BCUT2D eigenvalue weighted by atomic mass is 9.80. The molecular weight excluding hydrogens is 562 g/mol. The van der Waals surface area contributed by atoms with Crippen LogP contribution >= 0.6 is 0 Å². The van der Waals surface area contributed by atoms with E-state index in [2.05, 4.69) is 18.8 Å². The number of ketones is 1. The lowest BCUT2D eigenvalue weighted by Gasteiger charge is -2.41. The number of carbonyl (C=O) groups is 4. The number of nitrogens with zero attached hydrogens (tertiary/aromatic N) is 4. The Kier molecular flexibility index (Phi) is 10.8. The Morgan fingerprint density at radius 2 is 1.73 bits per heavy atom. The number of aromatic nitrogens is 2. The number of piperidine rings is 1. The summed E-state index contributed by atoms with van der Waals surface area (Å²) >= 11 is 0. The summed E-state index contributed by atoms with van der Waals surface area (Å²) in [6.07, 6.45) is 3.24. The highest BCUT2D eigenvalue weighted by molar-refractivity contribution is 6.04. The number of morpholine rings is 1. The molecule has 2 unspecified atom stereocenters. The quantitative estimate of drug-likeness (QED) is 0.315. The van der Waals surface area contributed by atoms with Gasteiger partial charge in [-0.15, -0.1) is 0 Å². The topological polar surface area (TPSA) is 137 Å². The van der Waals surface area contributed by atoms with Gasteiger partial charge in [-0.1, -0.05) is 31.6 Å². The minimum absolute atomic E-state index is 0.00524. The first kappa shape index (κ1) is 33.2. The van der Waals surface area contributed by atoms with Crippen LogP contribution in [0.4, 0.5) is 4.79 Å². The highest BCUT2D eigenvalue weighted by Crippen LogP contribution is 2.33. The van der Waals surface area contributed by atoms with Crippen molar-refractivity contribution in [3.8, 4) is 0 Å². The highest BCUT2D eigenvalue weighted by Gasteiger charge is 2.39. The number of imidazole rings is 1. The second-order valence-electron chi connectivity index (χ2n) is 13.3. The Hall–Kier alpha value is -3.73. The molecule has 2 aliphatic heterocycles. The summed E-state index contributed by atoms with van der Waals surface area (Å²) in [5.41, 5.74) is 7.04. The second-order valence-corrected chi connectivity index (χ2v) is 13.3. The van der Waals surface area contributed by atoms with Crippen LogP contribution in [-0.4, -0.2) is 88.0 Å². The summed E-state index contributed by atoms with van der Waals surface area (Å²) in [4.78, 5) is 60.7. The van der Waals surface area contributed by atoms with E-state index < -0.39 is 23.5 Å². The number of hydrogen-bond acceptors (Lipinski definition) is 7. The van der Waals surface area contributed by atoms with Gasteiger partial charge in [0, 0.05) is 39.1 Å². The van der Waals surface area contributed by atoms with E-state index in [1.807, 2.05) is 49.9 Å². The molecule has 2 saturated heterocycles. The predicted octanol–water partition coefficient (Wildman–Crippen LogP) is 4.19. The van der Waals surface area contributed by atoms with Gasteiger partial charge in [0.15, 0.2) is 5.82 Å². The van der Waals surface area contributed by atoms with Gasteiger partial charge < -0.3 is 29.6 Å². The highest BCUT2D eigenvalue weighted by atomic mass is 16.6. The molecule has 2 aliphatic rings. The summed E-state index contributed by atoms with van der Waals surface area (Å²) in [6.45, 7) is 12.6. The molecule has 2 N–H and O–H groups in total. The van der Waals surface area contributed by atoms with Gasteiger partial charge >= 0.3 is 6.09 Å². The maximum absolute atomic E-state index is 14.0. The van der Waals surface area contributed by atoms with E-state index in [1.54, 1.807) is 15.5 Å². The molecule has 44 heavy (non-hydrogen) atoms. The van der Waals surface area contributed by atoms with Crippen LogP contribution in [0.15, 0.2) is 35.9 Å². The van der Waals surface area contributed by atoms with Crippen LogP contribution in [0.5, 0.6) is 0 Å². The third-order valence-electron chi connectivity index (χ3n) is 8.08. The van der Waals surface area contributed by atoms with E-state index in [0.717, 1.165) is 17.5 Å². The molecule has 3 amide bonds. The monoisotopic (exact) mass is 609 g/mol. The van der Waals surface area contributed by atoms with Crippen LogP contribution in [0.3, 0.4) is 0 Å². The molecular formula is C33H47N5O6. The number of allylic oxidation sites excluding steroid dienone is 1. The zero-order valence-corrected chi connectivity index (χ0v) is 26.7. The Bertz CT molecular complexity index is 1380. The molecule has 1 aromatic carbocycles. The molecule has 1 aromatic heterocycles. The Morgan fingerprint density at radius 1 is 1.05 bits per heavy atom. The van der Waals surface area contributed by atoms with Crippen LogP contribution in [0, 0.1) is 17.8 Å². The van der Waals surface area contributed by atoms with Crippen molar-refractivity contribution in [2.75, 3.05) is 39.4 Å². The lowest BCUT2D eigenvalue weighted by Crippen LogP contribution is -2.52. The van der Waals surface area contributed by atoms with Gasteiger partial charge in [-0.2, -0.15) is 0 Å². The van der Waals surface area contributed by atoms with Crippen molar-refractivity contribution < 1.29 is 28.7 Å². The molecule has 2 atom stereocenters. The molecule has 2 aromatic rings. The van der Waals surface area contributed by atoms with Crippen LogP contribution in [0.1, 0.15) is 70.9 Å². The first-order chi connectivity index (χ1) is 20.8. The van der Waals surface area contributed by atoms with Gasteiger partial charge in [-0.05, 0) is 70.1 Å². The van der Waals surface area contributed by atoms with Crippen LogP contribution in [0.25, 0.3) is 11.0 Å². The summed E-state index contributed by atoms with van der Waals surface area (Å²) in [5, 5.41) is 0. The molecule has 3 heterocycles. The van der Waals surface area contributed by atoms with Crippen molar-refractivity contribution in [3.05, 3.63) is 41.7 Å². The van der Waals surface area contributed by atoms with Gasteiger partial charge in [0.25, 0.3) is 0 Å². The van der Waals surface area contributed by atoms with E-state index >= 15 is 0 Å². The van der Waals surface area contributed by atoms with Crippen LogP contribution in [0.2, 0.25) is 0 Å². The molecule has 0 aliphatic carbocycles. The number of hydrogen-bond donors (Lipinski definition) is 1. The average molecular weight is 610 g/mol. The third-order valence-corrected chi connectivity index (χ3v) is 8.08. The normalized spacial score (nSPS) is 19.8. The molecule has 2 fully saturated rings. The number of primary amides is 1. The summed E-state index contributed by atoms with van der Waals surface area (Å²) in [7, 11) is 0. The standard InChI is InChI=1S/C33H47N5O6/c1-22(2)10-11-23(19-28(39)30-35-26-8-6-7-9-27(26)38(30)13-12-29(34)40)24-18-25(31(41)36-14-16-43-17-15-36)21-37(20-24)32(42)44-33(3,4)5/h6-9,19,22,24-25H,10-18,20-21H2,1-5H3,(H2,34,40)/b23-19-. The van der Waals surface area contributed by atoms with Crippen molar-refractivity contribution in [1.82, 2.24) is 19.4 Å². The number of nitrogens with two attached hydrogens (primary N) is 1. The Labute approximate surface area is 259 Å². The minimum Gasteiger partial charge on any atom is -0.444 e. The number of ether oxygens (including phenoxy) is 2. The predicted molar refractivity (Wildman–Crippen MR) is 167 cm³/mol. The average Bonchev–Trinajstić information content (AvgIpc) is 3.35. The number of carbonyl (C=O) groups excluding carboxylic acids is 4. The maximum Gasteiger partial charge on any atom is 0.410 e. The minimum atomic E-state index is -0.690. The number of rotatable bonds is 10. The molecule has 0 radical (unpaired) electrons. The summed E-state index contributed by atoms with van der Waals surface area (Å²) in [6, 6.07) is 7.41. The smallest absolute Gasteiger partial charge is 0.410 e. The maximum atomic E-state index is 14.0. The van der Waals surface area contributed by atoms with Crippen molar-refractivity contribution >= 4 is 34.7 Å². The summed E-state index contributed by atoms with van der Waals surface area (Å²) < 4.78 is 12.9. The zero-order chi connectivity index (χ0) is 32.0.